The standard InChI is InChI=1S/C12H12BBrNO3/c14-8-3-1-7-2-4-9(10(7)5-8)11(12(17)18)15-13-6-16/h1,3,5-6,9,11,15H,2,4H2,(H,17,18)/t9-,11+/m1/s1. The van der Waals surface area contributed by atoms with Gasteiger partial charge in [-0.15, -0.1) is 0 Å². The number of rotatable bonds is 5. The summed E-state index contributed by atoms with van der Waals surface area (Å²) in [6.45, 7) is 0. The van der Waals surface area contributed by atoms with Crippen molar-refractivity contribution in [3.63, 3.8) is 0 Å². The molecule has 1 aliphatic carbocycles. The molecule has 0 aromatic heterocycles. The molecule has 0 fully saturated rings. The second-order valence-electron chi connectivity index (χ2n) is 4.27. The maximum atomic E-state index is 11.3. The fourth-order valence-corrected chi connectivity index (χ4v) is 2.83. The molecule has 6 heteroatoms. The van der Waals surface area contributed by atoms with Crippen LogP contribution < -0.4 is 5.23 Å². The first-order chi connectivity index (χ1) is 8.63. The maximum absolute atomic E-state index is 11.3. The Labute approximate surface area is 114 Å². The molecule has 0 amide bonds. The molecule has 0 aliphatic heterocycles. The highest BCUT2D eigenvalue weighted by atomic mass is 79.9. The number of carboxylic acids is 1. The molecule has 2 N–H and O–H groups in total. The second-order valence-corrected chi connectivity index (χ2v) is 5.19. The minimum atomic E-state index is -0.939. The van der Waals surface area contributed by atoms with Gasteiger partial charge < -0.3 is 15.1 Å². The summed E-state index contributed by atoms with van der Waals surface area (Å²) in [4.78, 5) is 21.6. The highest BCUT2D eigenvalue weighted by Gasteiger charge is 2.33. The van der Waals surface area contributed by atoms with Crippen molar-refractivity contribution in [3.05, 3.63) is 33.8 Å². The van der Waals surface area contributed by atoms with E-state index in [0.29, 0.717) is 6.19 Å². The molecular weight excluding hydrogens is 297 g/mol. The number of hydrogen-bond acceptors (Lipinski definition) is 3. The Balaban J connectivity index is 2.26. The average Bonchev–Trinajstić information content (AvgIpc) is 2.72. The van der Waals surface area contributed by atoms with Crippen molar-refractivity contribution < 1.29 is 14.7 Å². The van der Waals surface area contributed by atoms with E-state index in [-0.39, 0.29) is 5.92 Å². The third kappa shape index (κ3) is 2.65. The number of halogens is 1. The van der Waals surface area contributed by atoms with Crippen molar-refractivity contribution in [2.75, 3.05) is 0 Å². The third-order valence-corrected chi connectivity index (χ3v) is 3.74. The maximum Gasteiger partial charge on any atom is 0.320 e. The van der Waals surface area contributed by atoms with Crippen molar-refractivity contribution in [2.24, 2.45) is 0 Å². The Morgan fingerprint density at radius 1 is 1.61 bits per heavy atom. The van der Waals surface area contributed by atoms with Crippen LogP contribution in [0.15, 0.2) is 22.7 Å². The molecule has 2 atom stereocenters. The van der Waals surface area contributed by atoms with E-state index in [2.05, 4.69) is 21.2 Å². The summed E-state index contributed by atoms with van der Waals surface area (Å²) in [6.07, 6.45) is 2.22. The minimum absolute atomic E-state index is 0.105. The van der Waals surface area contributed by atoms with Crippen LogP contribution >= 0.6 is 15.9 Å². The SMILES string of the molecule is O=C[B]N[C@H](C(=O)O)[C@@H]1CCc2ccc(Br)cc21. The van der Waals surface area contributed by atoms with Crippen LogP contribution in [-0.2, 0) is 16.0 Å². The van der Waals surface area contributed by atoms with Gasteiger partial charge in [0.15, 0.2) is 0 Å². The van der Waals surface area contributed by atoms with Crippen LogP contribution in [0.3, 0.4) is 0 Å². The molecule has 1 aromatic rings. The molecule has 4 nitrogen and oxygen atoms in total. The van der Waals surface area contributed by atoms with Crippen molar-refractivity contribution in [3.8, 4) is 0 Å². The summed E-state index contributed by atoms with van der Waals surface area (Å²) in [6, 6.07) is 5.18. The molecule has 1 aliphatic rings. The zero-order valence-corrected chi connectivity index (χ0v) is 11.2. The number of aryl methyl sites for hydroxylation is 1. The first-order valence-electron chi connectivity index (χ1n) is 5.67. The Morgan fingerprint density at radius 2 is 2.39 bits per heavy atom. The first-order valence-corrected chi connectivity index (χ1v) is 6.47. The number of carboxylic acid groups (broad SMARTS) is 1. The fraction of sp³-hybridized carbons (Fsp3) is 0.333. The van der Waals surface area contributed by atoms with E-state index in [4.69, 9.17) is 0 Å². The Kier molecular flexibility index (Phi) is 4.19. The Bertz CT molecular complexity index is 480. The van der Waals surface area contributed by atoms with Crippen LogP contribution in [0, 0.1) is 0 Å². The van der Waals surface area contributed by atoms with Crippen LogP contribution in [0.25, 0.3) is 0 Å². The number of aliphatic carboxylic acids is 1. The molecule has 1 radical (unpaired) electrons. The molecule has 0 bridgehead atoms. The van der Waals surface area contributed by atoms with Crippen LogP contribution in [0.5, 0.6) is 0 Å². The van der Waals surface area contributed by atoms with E-state index in [0.717, 1.165) is 30.3 Å². The lowest BCUT2D eigenvalue weighted by Gasteiger charge is -2.21. The van der Waals surface area contributed by atoms with Gasteiger partial charge in [-0.1, -0.05) is 22.0 Å². The van der Waals surface area contributed by atoms with Crippen molar-refractivity contribution in [1.82, 2.24) is 5.23 Å². The smallest absolute Gasteiger partial charge is 0.320 e. The average molecular weight is 309 g/mol. The fourth-order valence-electron chi connectivity index (χ4n) is 2.45. The third-order valence-electron chi connectivity index (χ3n) is 3.24. The van der Waals surface area contributed by atoms with E-state index in [1.807, 2.05) is 18.2 Å². The normalized spacial score (nSPS) is 19.1. The van der Waals surface area contributed by atoms with Gasteiger partial charge in [0.25, 0.3) is 7.41 Å². The molecule has 18 heavy (non-hydrogen) atoms. The minimum Gasteiger partial charge on any atom is -0.480 e. The van der Waals surface area contributed by atoms with E-state index < -0.39 is 12.0 Å². The zero-order chi connectivity index (χ0) is 13.1. The summed E-state index contributed by atoms with van der Waals surface area (Å²) >= 11 is 3.40. The summed E-state index contributed by atoms with van der Waals surface area (Å²) in [5.74, 6) is -1.04. The van der Waals surface area contributed by atoms with Gasteiger partial charge in [-0.25, -0.2) is 0 Å². The number of carbonyl (C=O) groups is 2. The van der Waals surface area contributed by atoms with Gasteiger partial charge in [-0.05, 0) is 36.1 Å². The van der Waals surface area contributed by atoms with Crippen LogP contribution in [0.4, 0.5) is 0 Å². The van der Waals surface area contributed by atoms with Gasteiger partial charge in [0.1, 0.15) is 6.04 Å². The number of hydrogen-bond donors (Lipinski definition) is 2. The van der Waals surface area contributed by atoms with Crippen LogP contribution in [0.1, 0.15) is 23.5 Å². The lowest BCUT2D eigenvalue weighted by Crippen LogP contribution is -2.43. The van der Waals surface area contributed by atoms with Crippen LogP contribution in [0.2, 0.25) is 0 Å². The van der Waals surface area contributed by atoms with Crippen molar-refractivity contribution >= 4 is 35.5 Å². The number of nitrogens with one attached hydrogen (secondary N) is 1. The van der Waals surface area contributed by atoms with Crippen molar-refractivity contribution in [2.45, 2.75) is 24.8 Å². The van der Waals surface area contributed by atoms with Gasteiger partial charge in [0, 0.05) is 10.4 Å². The molecular formula is C12H12BBrNO3. The summed E-state index contributed by atoms with van der Waals surface area (Å²) in [7, 11) is 1.15. The van der Waals surface area contributed by atoms with E-state index in [1.165, 1.54) is 5.56 Å². The number of fused-ring (bicyclic) bond motifs is 1. The lowest BCUT2D eigenvalue weighted by atomic mass is 9.87. The van der Waals surface area contributed by atoms with Gasteiger partial charge in [-0.2, -0.15) is 0 Å². The molecule has 0 heterocycles. The predicted octanol–water partition coefficient (Wildman–Crippen LogP) is 1.33. The van der Waals surface area contributed by atoms with E-state index in [1.54, 1.807) is 0 Å². The number of carbonyl (C=O) groups excluding carboxylic acids is 1. The molecule has 1 aromatic carbocycles. The summed E-state index contributed by atoms with van der Waals surface area (Å²) < 4.78 is 0.941. The van der Waals surface area contributed by atoms with Gasteiger partial charge in [0.05, 0.1) is 6.19 Å². The molecule has 0 saturated carbocycles. The molecule has 2 rings (SSSR count). The molecule has 0 saturated heterocycles. The van der Waals surface area contributed by atoms with Gasteiger partial charge >= 0.3 is 5.97 Å². The van der Waals surface area contributed by atoms with Crippen molar-refractivity contribution in [1.29, 1.82) is 0 Å². The Hall–Kier alpha value is -1.14. The molecule has 0 unspecified atom stereocenters. The van der Waals surface area contributed by atoms with Gasteiger partial charge in [-0.3, -0.25) is 4.79 Å². The molecule has 0 spiro atoms. The zero-order valence-electron chi connectivity index (χ0n) is 9.60. The largest absolute Gasteiger partial charge is 0.480 e. The quantitative estimate of drug-likeness (QED) is 0.636. The topological polar surface area (TPSA) is 66.4 Å². The summed E-state index contributed by atoms with van der Waals surface area (Å²) in [5, 5.41) is 11.9. The van der Waals surface area contributed by atoms with E-state index >= 15 is 0 Å². The predicted molar refractivity (Wildman–Crippen MR) is 72.3 cm³/mol. The monoisotopic (exact) mass is 308 g/mol. The second kappa shape index (κ2) is 5.67. The first kappa shape index (κ1) is 13.3. The van der Waals surface area contributed by atoms with Crippen LogP contribution in [-0.4, -0.2) is 30.7 Å². The highest BCUT2D eigenvalue weighted by Crippen LogP contribution is 2.37. The van der Waals surface area contributed by atoms with Gasteiger partial charge in [0.2, 0.25) is 0 Å². The van der Waals surface area contributed by atoms with E-state index in [9.17, 15) is 14.7 Å². The Morgan fingerprint density at radius 3 is 3.06 bits per heavy atom. The highest BCUT2D eigenvalue weighted by molar-refractivity contribution is 9.10. The molecule has 93 valence electrons. The lowest BCUT2D eigenvalue weighted by molar-refractivity contribution is -0.139. The summed E-state index contributed by atoms with van der Waals surface area (Å²) in [5.41, 5.74) is 2.23. The number of benzene rings is 1.